The largest absolute Gasteiger partial charge is 0.573 e. The van der Waals surface area contributed by atoms with E-state index in [0.717, 1.165) is 6.42 Å². The quantitative estimate of drug-likeness (QED) is 0.915. The molecule has 20 heavy (non-hydrogen) atoms. The molecule has 0 spiro atoms. The minimum Gasteiger partial charge on any atom is -0.406 e. The summed E-state index contributed by atoms with van der Waals surface area (Å²) in [6.07, 6.45) is -2.19. The van der Waals surface area contributed by atoms with Crippen LogP contribution in [0.15, 0.2) is 30.5 Å². The lowest BCUT2D eigenvalue weighted by Crippen LogP contribution is -2.16. The van der Waals surface area contributed by atoms with Gasteiger partial charge in [-0.2, -0.15) is 0 Å². The molecule has 2 rings (SSSR count). The average Bonchev–Trinajstić information content (AvgIpc) is 2.84. The van der Waals surface area contributed by atoms with E-state index in [1.54, 1.807) is 10.9 Å². The van der Waals surface area contributed by atoms with Crippen LogP contribution in [-0.4, -0.2) is 27.9 Å². The highest BCUT2D eigenvalue weighted by Crippen LogP contribution is 2.25. The lowest BCUT2D eigenvalue weighted by atomic mass is 10.2. The van der Waals surface area contributed by atoms with Gasteiger partial charge in [0.1, 0.15) is 11.4 Å². The molecule has 108 valence electrons. The number of benzene rings is 1. The van der Waals surface area contributed by atoms with E-state index in [2.05, 4.69) is 15.0 Å². The van der Waals surface area contributed by atoms with Crippen LogP contribution in [0.4, 0.5) is 13.2 Å². The van der Waals surface area contributed by atoms with Crippen molar-refractivity contribution in [3.63, 3.8) is 0 Å². The fourth-order valence-electron chi connectivity index (χ4n) is 1.62. The molecule has 2 aromatic rings. The molecule has 0 amide bonds. The maximum absolute atomic E-state index is 12.0. The van der Waals surface area contributed by atoms with Gasteiger partial charge in [-0.15, -0.1) is 18.3 Å². The van der Waals surface area contributed by atoms with Crippen molar-refractivity contribution >= 4 is 0 Å². The highest BCUT2D eigenvalue weighted by atomic mass is 19.4. The summed E-state index contributed by atoms with van der Waals surface area (Å²) in [6.45, 7) is 1.21. The van der Waals surface area contributed by atoms with E-state index in [-0.39, 0.29) is 5.75 Å². The molecule has 0 aliphatic heterocycles. The van der Waals surface area contributed by atoms with Crippen LogP contribution in [0, 0.1) is 0 Å². The van der Waals surface area contributed by atoms with Crippen LogP contribution in [-0.2, 0) is 6.54 Å². The zero-order chi connectivity index (χ0) is 14.6. The van der Waals surface area contributed by atoms with E-state index in [4.69, 9.17) is 5.73 Å². The summed E-state index contributed by atoms with van der Waals surface area (Å²) < 4.78 is 41.5. The molecule has 0 saturated carbocycles. The maximum Gasteiger partial charge on any atom is 0.573 e. The summed E-state index contributed by atoms with van der Waals surface area (Å²) in [5, 5.41) is 7.86. The third kappa shape index (κ3) is 3.95. The van der Waals surface area contributed by atoms with Gasteiger partial charge in [0.25, 0.3) is 0 Å². The highest BCUT2D eigenvalue weighted by molar-refractivity contribution is 5.58. The number of hydrogen-bond donors (Lipinski definition) is 1. The first kappa shape index (κ1) is 14.3. The SMILES string of the molecule is NCCCn1cc(-c2ccc(OC(F)(F)F)cc2)nn1. The van der Waals surface area contributed by atoms with Crippen molar-refractivity contribution in [2.75, 3.05) is 6.54 Å². The Morgan fingerprint density at radius 2 is 1.90 bits per heavy atom. The summed E-state index contributed by atoms with van der Waals surface area (Å²) in [5.41, 5.74) is 6.64. The number of nitrogens with two attached hydrogens (primary N) is 1. The van der Waals surface area contributed by atoms with Gasteiger partial charge >= 0.3 is 6.36 Å². The molecule has 0 aliphatic carbocycles. The molecule has 1 aromatic carbocycles. The van der Waals surface area contributed by atoms with E-state index < -0.39 is 6.36 Å². The zero-order valence-corrected chi connectivity index (χ0v) is 10.5. The first-order valence-electron chi connectivity index (χ1n) is 5.94. The van der Waals surface area contributed by atoms with Crippen LogP contribution >= 0.6 is 0 Å². The van der Waals surface area contributed by atoms with E-state index in [1.165, 1.54) is 24.3 Å². The Hall–Kier alpha value is -2.09. The lowest BCUT2D eigenvalue weighted by Gasteiger charge is -2.08. The average molecular weight is 286 g/mol. The van der Waals surface area contributed by atoms with Gasteiger partial charge in [-0.3, -0.25) is 4.68 Å². The van der Waals surface area contributed by atoms with Crippen molar-refractivity contribution in [2.45, 2.75) is 19.3 Å². The highest BCUT2D eigenvalue weighted by Gasteiger charge is 2.30. The van der Waals surface area contributed by atoms with Crippen LogP contribution in [0.1, 0.15) is 6.42 Å². The van der Waals surface area contributed by atoms with Crippen LogP contribution in [0.3, 0.4) is 0 Å². The van der Waals surface area contributed by atoms with Gasteiger partial charge in [0.05, 0.1) is 6.20 Å². The zero-order valence-electron chi connectivity index (χ0n) is 10.5. The summed E-state index contributed by atoms with van der Waals surface area (Å²) in [5.74, 6) is -0.267. The van der Waals surface area contributed by atoms with Crippen LogP contribution in [0.25, 0.3) is 11.3 Å². The minimum atomic E-state index is -4.69. The summed E-state index contributed by atoms with van der Waals surface area (Å²) >= 11 is 0. The number of rotatable bonds is 5. The number of nitrogens with zero attached hydrogens (tertiary/aromatic N) is 3. The fraction of sp³-hybridized carbons (Fsp3) is 0.333. The number of aryl methyl sites for hydroxylation is 1. The number of alkyl halides is 3. The molecule has 0 radical (unpaired) electrons. The number of ether oxygens (including phenoxy) is 1. The number of aromatic nitrogens is 3. The Bertz CT molecular complexity index is 551. The molecule has 0 aliphatic rings. The molecule has 1 heterocycles. The van der Waals surface area contributed by atoms with E-state index >= 15 is 0 Å². The normalized spacial score (nSPS) is 11.6. The predicted molar refractivity (Wildman–Crippen MR) is 65.8 cm³/mol. The van der Waals surface area contributed by atoms with Crippen molar-refractivity contribution in [3.8, 4) is 17.0 Å². The molecule has 0 saturated heterocycles. The second-order valence-electron chi connectivity index (χ2n) is 4.08. The Morgan fingerprint density at radius 1 is 1.20 bits per heavy atom. The van der Waals surface area contributed by atoms with Crippen molar-refractivity contribution in [1.82, 2.24) is 15.0 Å². The Kier molecular flexibility index (Phi) is 4.23. The van der Waals surface area contributed by atoms with Gasteiger partial charge in [0.2, 0.25) is 0 Å². The second-order valence-corrected chi connectivity index (χ2v) is 4.08. The smallest absolute Gasteiger partial charge is 0.406 e. The summed E-state index contributed by atoms with van der Waals surface area (Å²) in [7, 11) is 0. The van der Waals surface area contributed by atoms with Gasteiger partial charge in [-0.05, 0) is 37.2 Å². The van der Waals surface area contributed by atoms with Crippen LogP contribution in [0.2, 0.25) is 0 Å². The van der Waals surface area contributed by atoms with Gasteiger partial charge < -0.3 is 10.5 Å². The Morgan fingerprint density at radius 3 is 2.50 bits per heavy atom. The van der Waals surface area contributed by atoms with E-state index in [0.29, 0.717) is 24.3 Å². The summed E-state index contributed by atoms with van der Waals surface area (Å²) in [6, 6.07) is 5.47. The standard InChI is InChI=1S/C12H13F3N4O/c13-12(14,15)20-10-4-2-9(3-5-10)11-8-19(18-17-11)7-1-6-16/h2-5,8H,1,6-7,16H2. The number of hydrogen-bond acceptors (Lipinski definition) is 4. The number of halogens is 3. The Labute approximate surface area is 113 Å². The molecule has 0 bridgehead atoms. The topological polar surface area (TPSA) is 66.0 Å². The monoisotopic (exact) mass is 286 g/mol. The van der Waals surface area contributed by atoms with Crippen LogP contribution < -0.4 is 10.5 Å². The lowest BCUT2D eigenvalue weighted by molar-refractivity contribution is -0.274. The van der Waals surface area contributed by atoms with Gasteiger partial charge in [-0.1, -0.05) is 5.21 Å². The first-order valence-corrected chi connectivity index (χ1v) is 5.94. The molecule has 5 nitrogen and oxygen atoms in total. The van der Waals surface area contributed by atoms with E-state index in [9.17, 15) is 13.2 Å². The molecule has 1 aromatic heterocycles. The predicted octanol–water partition coefficient (Wildman–Crippen LogP) is 2.19. The van der Waals surface area contributed by atoms with Crippen molar-refractivity contribution in [2.24, 2.45) is 5.73 Å². The summed E-state index contributed by atoms with van der Waals surface area (Å²) in [4.78, 5) is 0. The molecule has 8 heteroatoms. The van der Waals surface area contributed by atoms with Gasteiger partial charge in [-0.25, -0.2) is 0 Å². The molecule has 0 unspecified atom stereocenters. The van der Waals surface area contributed by atoms with Crippen LogP contribution in [0.5, 0.6) is 5.75 Å². The molecule has 0 fully saturated rings. The third-order valence-corrected chi connectivity index (χ3v) is 2.51. The Balaban J connectivity index is 2.07. The minimum absolute atomic E-state index is 0.267. The fourth-order valence-corrected chi connectivity index (χ4v) is 1.62. The molecular weight excluding hydrogens is 273 g/mol. The maximum atomic E-state index is 12.0. The van der Waals surface area contributed by atoms with Gasteiger partial charge in [0.15, 0.2) is 0 Å². The van der Waals surface area contributed by atoms with Crippen molar-refractivity contribution < 1.29 is 17.9 Å². The molecular formula is C12H13F3N4O. The first-order chi connectivity index (χ1) is 9.48. The molecule has 0 atom stereocenters. The van der Waals surface area contributed by atoms with Crippen molar-refractivity contribution in [3.05, 3.63) is 30.5 Å². The third-order valence-electron chi connectivity index (χ3n) is 2.51. The molecule has 2 N–H and O–H groups in total. The second kappa shape index (κ2) is 5.91. The van der Waals surface area contributed by atoms with Crippen molar-refractivity contribution in [1.29, 1.82) is 0 Å². The van der Waals surface area contributed by atoms with Gasteiger partial charge in [0, 0.05) is 12.1 Å². The van der Waals surface area contributed by atoms with E-state index in [1.807, 2.05) is 0 Å².